The first-order chi connectivity index (χ1) is 8.79. The Balaban J connectivity index is 2.40. The van der Waals surface area contributed by atoms with Crippen LogP contribution >= 0.6 is 0 Å². The van der Waals surface area contributed by atoms with Gasteiger partial charge in [0.15, 0.2) is 6.73 Å². The van der Waals surface area contributed by atoms with Crippen molar-refractivity contribution < 1.29 is 24.2 Å². The Kier molecular flexibility index (Phi) is 4.74. The molecule has 0 aliphatic rings. The van der Waals surface area contributed by atoms with Gasteiger partial charge in [0, 0.05) is 0 Å². The maximum atomic E-state index is 11.6. The number of para-hydroxylation sites is 1. The van der Waals surface area contributed by atoms with Crippen molar-refractivity contribution >= 4 is 12.1 Å². The van der Waals surface area contributed by atoms with Gasteiger partial charge in [-0.05, 0) is 32.9 Å². The van der Waals surface area contributed by atoms with Crippen LogP contribution in [0, 0.1) is 0 Å². The fourth-order valence-electron chi connectivity index (χ4n) is 1.20. The topological polar surface area (TPSA) is 84.9 Å². The zero-order valence-corrected chi connectivity index (χ0v) is 11.1. The van der Waals surface area contributed by atoms with Crippen LogP contribution < -0.4 is 5.32 Å². The van der Waals surface area contributed by atoms with Crippen LogP contribution in [0.25, 0.3) is 0 Å². The van der Waals surface area contributed by atoms with Gasteiger partial charge in [-0.25, -0.2) is 9.59 Å². The first kappa shape index (κ1) is 14.8. The van der Waals surface area contributed by atoms with E-state index >= 15 is 0 Å². The van der Waals surface area contributed by atoms with Gasteiger partial charge in [0.25, 0.3) is 0 Å². The minimum atomic E-state index is -0.728. The molecule has 6 nitrogen and oxygen atoms in total. The van der Waals surface area contributed by atoms with Gasteiger partial charge in [0.2, 0.25) is 0 Å². The molecule has 0 aliphatic carbocycles. The van der Waals surface area contributed by atoms with Crippen LogP contribution in [0.1, 0.15) is 31.1 Å². The molecule has 0 spiro atoms. The largest absolute Gasteiger partial charge is 0.507 e. The normalized spacial score (nSPS) is 10.7. The van der Waals surface area contributed by atoms with E-state index in [1.54, 1.807) is 32.9 Å². The fourth-order valence-corrected chi connectivity index (χ4v) is 1.20. The first-order valence-corrected chi connectivity index (χ1v) is 5.71. The number of carbonyl (C=O) groups excluding carboxylic acids is 2. The molecule has 0 bridgehead atoms. The summed E-state index contributed by atoms with van der Waals surface area (Å²) in [6.07, 6.45) is -0.683. The zero-order valence-electron chi connectivity index (χ0n) is 11.1. The third-order valence-electron chi connectivity index (χ3n) is 1.94. The highest BCUT2D eigenvalue weighted by atomic mass is 16.6. The minimum absolute atomic E-state index is 0.0356. The molecule has 1 aromatic carbocycles. The molecular formula is C13H17NO5. The minimum Gasteiger partial charge on any atom is -0.507 e. The molecular weight excluding hydrogens is 250 g/mol. The van der Waals surface area contributed by atoms with Gasteiger partial charge in [-0.1, -0.05) is 12.1 Å². The van der Waals surface area contributed by atoms with E-state index in [0.717, 1.165) is 0 Å². The Bertz CT molecular complexity index is 464. The lowest BCUT2D eigenvalue weighted by Crippen LogP contribution is -2.34. The smallest absolute Gasteiger partial charge is 0.410 e. The molecule has 1 amide bonds. The van der Waals surface area contributed by atoms with Crippen LogP contribution in [0.15, 0.2) is 24.3 Å². The lowest BCUT2D eigenvalue weighted by Gasteiger charge is -2.19. The summed E-state index contributed by atoms with van der Waals surface area (Å²) >= 11 is 0. The van der Waals surface area contributed by atoms with Gasteiger partial charge in [-0.3, -0.25) is 5.32 Å². The van der Waals surface area contributed by atoms with Gasteiger partial charge in [0.1, 0.15) is 16.9 Å². The van der Waals surface area contributed by atoms with Gasteiger partial charge in [0.05, 0.1) is 0 Å². The Morgan fingerprint density at radius 2 is 1.89 bits per heavy atom. The van der Waals surface area contributed by atoms with Crippen molar-refractivity contribution in [2.45, 2.75) is 26.4 Å². The number of carbonyl (C=O) groups is 2. The van der Waals surface area contributed by atoms with Crippen molar-refractivity contribution in [1.82, 2.24) is 5.32 Å². The number of ether oxygens (including phenoxy) is 2. The molecule has 0 unspecified atom stereocenters. The second-order valence-electron chi connectivity index (χ2n) is 4.77. The van der Waals surface area contributed by atoms with Crippen molar-refractivity contribution in [2.75, 3.05) is 6.73 Å². The molecule has 2 N–H and O–H groups in total. The standard InChI is InChI=1S/C13H17NO5/c1-13(2,3)19-12(17)14-8-18-11(16)9-6-4-5-7-10(9)15/h4-7,15H,8H2,1-3H3,(H,14,17). The molecule has 0 radical (unpaired) electrons. The average molecular weight is 267 g/mol. The molecule has 104 valence electrons. The maximum Gasteiger partial charge on any atom is 0.410 e. The summed E-state index contributed by atoms with van der Waals surface area (Å²) < 4.78 is 9.74. The number of hydrogen-bond acceptors (Lipinski definition) is 5. The monoisotopic (exact) mass is 267 g/mol. The summed E-state index contributed by atoms with van der Waals surface area (Å²) in [6, 6.07) is 5.98. The van der Waals surface area contributed by atoms with Crippen LogP contribution in [0.2, 0.25) is 0 Å². The Hall–Kier alpha value is -2.24. The number of phenols is 1. The average Bonchev–Trinajstić information content (AvgIpc) is 2.26. The van der Waals surface area contributed by atoms with Gasteiger partial charge >= 0.3 is 12.1 Å². The lowest BCUT2D eigenvalue weighted by atomic mass is 10.2. The summed E-state index contributed by atoms with van der Waals surface area (Å²) in [5.41, 5.74) is -0.584. The summed E-state index contributed by atoms with van der Waals surface area (Å²) in [5, 5.41) is 11.7. The number of alkyl carbamates (subject to hydrolysis) is 1. The molecule has 0 fully saturated rings. The van der Waals surface area contributed by atoms with Gasteiger partial charge < -0.3 is 14.6 Å². The zero-order chi connectivity index (χ0) is 14.5. The van der Waals surface area contributed by atoms with Crippen molar-refractivity contribution in [3.05, 3.63) is 29.8 Å². The number of phenolic OH excluding ortho intramolecular Hbond substituents is 1. The number of benzene rings is 1. The highest BCUT2D eigenvalue weighted by Gasteiger charge is 2.16. The number of nitrogens with one attached hydrogen (secondary N) is 1. The van der Waals surface area contributed by atoms with Crippen molar-refractivity contribution in [1.29, 1.82) is 0 Å². The van der Waals surface area contributed by atoms with Crippen LogP contribution in [0.5, 0.6) is 5.75 Å². The van der Waals surface area contributed by atoms with E-state index in [-0.39, 0.29) is 18.0 Å². The van der Waals surface area contributed by atoms with Gasteiger partial charge in [-0.2, -0.15) is 0 Å². The van der Waals surface area contributed by atoms with E-state index < -0.39 is 17.7 Å². The molecule has 19 heavy (non-hydrogen) atoms. The van der Waals surface area contributed by atoms with Crippen molar-refractivity contribution in [3.8, 4) is 5.75 Å². The van der Waals surface area contributed by atoms with Crippen LogP contribution in [-0.4, -0.2) is 29.5 Å². The number of aromatic hydroxyl groups is 1. The van der Waals surface area contributed by atoms with Crippen LogP contribution in [0.4, 0.5) is 4.79 Å². The Morgan fingerprint density at radius 3 is 2.47 bits per heavy atom. The summed E-state index contributed by atoms with van der Waals surface area (Å²) in [4.78, 5) is 22.8. The second kappa shape index (κ2) is 6.08. The number of rotatable bonds is 3. The lowest BCUT2D eigenvalue weighted by molar-refractivity contribution is 0.0339. The quantitative estimate of drug-likeness (QED) is 0.646. The van der Waals surface area contributed by atoms with E-state index in [2.05, 4.69) is 5.32 Å². The number of amides is 1. The van der Waals surface area contributed by atoms with Crippen molar-refractivity contribution in [3.63, 3.8) is 0 Å². The Morgan fingerprint density at radius 1 is 1.26 bits per heavy atom. The predicted octanol–water partition coefficient (Wildman–Crippen LogP) is 2.03. The third kappa shape index (κ3) is 5.29. The Labute approximate surface area is 111 Å². The molecule has 0 aromatic heterocycles. The van der Waals surface area contributed by atoms with Crippen LogP contribution in [-0.2, 0) is 9.47 Å². The van der Waals surface area contributed by atoms with E-state index in [0.29, 0.717) is 0 Å². The second-order valence-corrected chi connectivity index (χ2v) is 4.77. The molecule has 1 rings (SSSR count). The van der Waals surface area contributed by atoms with E-state index in [1.165, 1.54) is 12.1 Å². The maximum absolute atomic E-state index is 11.6. The SMILES string of the molecule is CC(C)(C)OC(=O)NCOC(=O)c1ccccc1O. The summed E-state index contributed by atoms with van der Waals surface area (Å²) in [5.74, 6) is -0.904. The number of hydrogen-bond donors (Lipinski definition) is 2. The molecule has 0 atom stereocenters. The van der Waals surface area contributed by atoms with Gasteiger partial charge in [-0.15, -0.1) is 0 Å². The third-order valence-corrected chi connectivity index (χ3v) is 1.94. The molecule has 6 heteroatoms. The highest BCUT2D eigenvalue weighted by Crippen LogP contribution is 2.16. The fraction of sp³-hybridized carbons (Fsp3) is 0.385. The predicted molar refractivity (Wildman–Crippen MR) is 67.8 cm³/mol. The molecule has 0 heterocycles. The molecule has 0 aliphatic heterocycles. The van der Waals surface area contributed by atoms with Crippen LogP contribution in [0.3, 0.4) is 0 Å². The van der Waals surface area contributed by atoms with E-state index in [9.17, 15) is 14.7 Å². The highest BCUT2D eigenvalue weighted by molar-refractivity contribution is 5.92. The first-order valence-electron chi connectivity index (χ1n) is 5.71. The number of esters is 1. The molecule has 0 saturated heterocycles. The molecule has 1 aromatic rings. The van der Waals surface area contributed by atoms with E-state index in [4.69, 9.17) is 9.47 Å². The molecule has 0 saturated carbocycles. The van der Waals surface area contributed by atoms with E-state index in [1.807, 2.05) is 0 Å². The van der Waals surface area contributed by atoms with Crippen molar-refractivity contribution in [2.24, 2.45) is 0 Å². The summed E-state index contributed by atoms with van der Waals surface area (Å²) in [6.45, 7) is 4.84. The summed E-state index contributed by atoms with van der Waals surface area (Å²) in [7, 11) is 0.